The summed E-state index contributed by atoms with van der Waals surface area (Å²) >= 11 is 12.1. The van der Waals surface area contributed by atoms with Gasteiger partial charge in [-0.3, -0.25) is 9.48 Å². The highest BCUT2D eigenvalue weighted by Gasteiger charge is 2.27. The maximum atomic E-state index is 13.5. The molecular formula is C26H29Cl2N3O3. The van der Waals surface area contributed by atoms with Crippen molar-refractivity contribution in [1.29, 1.82) is 0 Å². The van der Waals surface area contributed by atoms with E-state index in [0.717, 1.165) is 29.7 Å². The number of carbonyl (C=O) groups excluding carboxylic acids is 1. The van der Waals surface area contributed by atoms with Gasteiger partial charge in [0.05, 0.1) is 24.4 Å². The van der Waals surface area contributed by atoms with Gasteiger partial charge in [0.2, 0.25) is 0 Å². The van der Waals surface area contributed by atoms with Gasteiger partial charge in [0, 0.05) is 41.4 Å². The van der Waals surface area contributed by atoms with Gasteiger partial charge in [-0.05, 0) is 61.1 Å². The molecule has 0 spiro atoms. The van der Waals surface area contributed by atoms with Crippen molar-refractivity contribution in [3.8, 4) is 0 Å². The Bertz CT molecular complexity index is 1030. The van der Waals surface area contributed by atoms with Crippen LogP contribution in [0, 0.1) is 0 Å². The van der Waals surface area contributed by atoms with Crippen molar-refractivity contribution in [2.24, 2.45) is 0 Å². The second kappa shape index (κ2) is 11.8. The van der Waals surface area contributed by atoms with Crippen molar-refractivity contribution in [3.63, 3.8) is 0 Å². The Kier molecular flexibility index (Phi) is 8.62. The first kappa shape index (κ1) is 24.7. The summed E-state index contributed by atoms with van der Waals surface area (Å²) in [5, 5.41) is 18.6. The molecule has 1 aromatic heterocycles. The number of nitrogens with zero attached hydrogens (tertiary/aromatic N) is 2. The first-order chi connectivity index (χ1) is 16.5. The van der Waals surface area contributed by atoms with Gasteiger partial charge >= 0.3 is 0 Å². The van der Waals surface area contributed by atoms with Crippen LogP contribution in [0.3, 0.4) is 0 Å². The number of ether oxygens (including phenoxy) is 1. The molecule has 1 fully saturated rings. The second-order valence-corrected chi connectivity index (χ2v) is 9.51. The van der Waals surface area contributed by atoms with E-state index in [0.29, 0.717) is 48.2 Å². The molecule has 1 aliphatic rings. The van der Waals surface area contributed by atoms with Crippen molar-refractivity contribution in [1.82, 2.24) is 15.1 Å². The standard InChI is InChI=1S/C26H29Cl2N3O3/c27-21-5-1-18(2-6-21)15-23(16-19-3-7-22(28)8-4-19)29-26(33)24-17-31(11-12-32)30-25(24)20-9-13-34-14-10-20/h1-8,17,20,23,32H,9-16H2,(H,29,33). The van der Waals surface area contributed by atoms with Crippen molar-refractivity contribution in [3.05, 3.63) is 87.2 Å². The van der Waals surface area contributed by atoms with Gasteiger partial charge in [0.25, 0.3) is 5.91 Å². The third-order valence-electron chi connectivity index (χ3n) is 6.10. The molecule has 2 N–H and O–H groups in total. The molecule has 6 nitrogen and oxygen atoms in total. The van der Waals surface area contributed by atoms with E-state index in [1.807, 2.05) is 48.5 Å². The lowest BCUT2D eigenvalue weighted by atomic mass is 9.93. The molecule has 4 rings (SSSR count). The Morgan fingerprint density at radius 1 is 1.03 bits per heavy atom. The summed E-state index contributed by atoms with van der Waals surface area (Å²) in [6.07, 6.45) is 4.72. The predicted molar refractivity (Wildman–Crippen MR) is 134 cm³/mol. The minimum absolute atomic E-state index is 0.0360. The number of hydrogen-bond acceptors (Lipinski definition) is 4. The zero-order chi connectivity index (χ0) is 23.9. The zero-order valence-corrected chi connectivity index (χ0v) is 20.4. The summed E-state index contributed by atoms with van der Waals surface area (Å²) in [5.41, 5.74) is 3.53. The molecule has 0 atom stereocenters. The quantitative estimate of drug-likeness (QED) is 0.446. The van der Waals surface area contributed by atoms with Gasteiger partial charge in [0.1, 0.15) is 0 Å². The van der Waals surface area contributed by atoms with Crippen LogP contribution < -0.4 is 5.32 Å². The van der Waals surface area contributed by atoms with Gasteiger partial charge in [-0.1, -0.05) is 47.5 Å². The molecule has 2 aromatic carbocycles. The summed E-state index contributed by atoms with van der Waals surface area (Å²) in [5.74, 6) is 0.0130. The second-order valence-electron chi connectivity index (χ2n) is 8.63. The number of carbonyl (C=O) groups is 1. The molecule has 1 aliphatic heterocycles. The van der Waals surface area contributed by atoms with Crippen LogP contribution in [0.5, 0.6) is 0 Å². The third-order valence-corrected chi connectivity index (χ3v) is 6.60. The van der Waals surface area contributed by atoms with E-state index in [1.165, 1.54) is 0 Å². The van der Waals surface area contributed by atoms with Gasteiger partial charge in [0.15, 0.2) is 0 Å². The summed E-state index contributed by atoms with van der Waals surface area (Å²) in [6, 6.07) is 15.2. The SMILES string of the molecule is O=C(NC(Cc1ccc(Cl)cc1)Cc1ccc(Cl)cc1)c1cn(CCO)nc1C1CCOCC1. The first-order valence-electron chi connectivity index (χ1n) is 11.6. The van der Waals surface area contributed by atoms with Crippen LogP contribution in [0.25, 0.3) is 0 Å². The van der Waals surface area contributed by atoms with Crippen molar-refractivity contribution in [2.75, 3.05) is 19.8 Å². The number of benzene rings is 2. The van der Waals surface area contributed by atoms with E-state index in [4.69, 9.17) is 27.9 Å². The van der Waals surface area contributed by atoms with E-state index in [9.17, 15) is 9.90 Å². The molecule has 8 heteroatoms. The topological polar surface area (TPSA) is 76.4 Å². The Morgan fingerprint density at radius 2 is 1.59 bits per heavy atom. The lowest BCUT2D eigenvalue weighted by Gasteiger charge is -2.22. The third kappa shape index (κ3) is 6.60. The van der Waals surface area contributed by atoms with Gasteiger partial charge in [-0.15, -0.1) is 0 Å². The molecule has 34 heavy (non-hydrogen) atoms. The average Bonchev–Trinajstić information content (AvgIpc) is 3.27. The monoisotopic (exact) mass is 501 g/mol. The van der Waals surface area contributed by atoms with Gasteiger partial charge in [-0.25, -0.2) is 0 Å². The number of halogens is 2. The molecule has 0 bridgehead atoms. The van der Waals surface area contributed by atoms with E-state index in [2.05, 4.69) is 10.4 Å². The molecule has 2 heterocycles. The molecule has 1 saturated heterocycles. The molecule has 0 radical (unpaired) electrons. The van der Waals surface area contributed by atoms with Crippen molar-refractivity contribution < 1.29 is 14.6 Å². The fraction of sp³-hybridized carbons (Fsp3) is 0.385. The van der Waals surface area contributed by atoms with Crippen LogP contribution in [0.4, 0.5) is 0 Å². The van der Waals surface area contributed by atoms with E-state index >= 15 is 0 Å². The van der Waals surface area contributed by atoms with Crippen LogP contribution in [-0.2, 0) is 24.1 Å². The number of amides is 1. The van der Waals surface area contributed by atoms with E-state index in [1.54, 1.807) is 10.9 Å². The fourth-order valence-corrected chi connectivity index (χ4v) is 4.60. The molecule has 0 aliphatic carbocycles. The van der Waals surface area contributed by atoms with Gasteiger partial charge in [-0.2, -0.15) is 5.10 Å². The largest absolute Gasteiger partial charge is 0.394 e. The Morgan fingerprint density at radius 3 is 2.12 bits per heavy atom. The molecular weight excluding hydrogens is 473 g/mol. The molecule has 180 valence electrons. The Hall–Kier alpha value is -2.38. The highest BCUT2D eigenvalue weighted by atomic mass is 35.5. The summed E-state index contributed by atoms with van der Waals surface area (Å²) in [6.45, 7) is 1.64. The number of rotatable bonds is 9. The lowest BCUT2D eigenvalue weighted by molar-refractivity contribution is 0.0830. The Labute approximate surface area is 209 Å². The summed E-state index contributed by atoms with van der Waals surface area (Å²) < 4.78 is 7.16. The van der Waals surface area contributed by atoms with E-state index < -0.39 is 0 Å². The van der Waals surface area contributed by atoms with Crippen molar-refractivity contribution >= 4 is 29.1 Å². The van der Waals surface area contributed by atoms with Crippen LogP contribution in [0.1, 0.15) is 45.9 Å². The molecule has 0 saturated carbocycles. The highest BCUT2D eigenvalue weighted by molar-refractivity contribution is 6.30. The summed E-state index contributed by atoms with van der Waals surface area (Å²) in [4.78, 5) is 13.5. The smallest absolute Gasteiger partial charge is 0.255 e. The number of hydrogen-bond donors (Lipinski definition) is 2. The summed E-state index contributed by atoms with van der Waals surface area (Å²) in [7, 11) is 0. The van der Waals surface area contributed by atoms with Gasteiger partial charge < -0.3 is 15.2 Å². The number of aliphatic hydroxyl groups excluding tert-OH is 1. The zero-order valence-electron chi connectivity index (χ0n) is 18.9. The number of aromatic nitrogens is 2. The van der Waals surface area contributed by atoms with Crippen LogP contribution in [0.15, 0.2) is 54.7 Å². The van der Waals surface area contributed by atoms with E-state index in [-0.39, 0.29) is 24.5 Å². The van der Waals surface area contributed by atoms with Crippen LogP contribution in [-0.4, -0.2) is 46.7 Å². The lowest BCUT2D eigenvalue weighted by Crippen LogP contribution is -2.38. The van der Waals surface area contributed by atoms with Crippen LogP contribution >= 0.6 is 23.2 Å². The highest BCUT2D eigenvalue weighted by Crippen LogP contribution is 2.28. The first-order valence-corrected chi connectivity index (χ1v) is 12.3. The number of nitrogens with one attached hydrogen (secondary N) is 1. The predicted octanol–water partition coefficient (Wildman–Crippen LogP) is 4.66. The average molecular weight is 502 g/mol. The van der Waals surface area contributed by atoms with Crippen molar-refractivity contribution in [2.45, 2.75) is 44.2 Å². The molecule has 1 amide bonds. The molecule has 0 unspecified atom stereocenters. The minimum atomic E-state index is -0.154. The fourth-order valence-electron chi connectivity index (χ4n) is 4.35. The molecule has 3 aromatic rings. The maximum Gasteiger partial charge on any atom is 0.255 e. The number of aliphatic hydroxyl groups is 1. The normalized spacial score (nSPS) is 14.5. The minimum Gasteiger partial charge on any atom is -0.394 e. The maximum absolute atomic E-state index is 13.5. The van der Waals surface area contributed by atoms with Crippen LogP contribution in [0.2, 0.25) is 10.0 Å². The Balaban J connectivity index is 1.57.